The van der Waals surface area contributed by atoms with Crippen molar-refractivity contribution in [3.63, 3.8) is 0 Å². The number of aromatic carboxylic acids is 1. The predicted molar refractivity (Wildman–Crippen MR) is 77.4 cm³/mol. The van der Waals surface area contributed by atoms with Crippen LogP contribution in [0.2, 0.25) is 0 Å². The zero-order chi connectivity index (χ0) is 15.6. The van der Waals surface area contributed by atoms with Crippen LogP contribution in [0, 0.1) is 0 Å². The van der Waals surface area contributed by atoms with E-state index in [0.29, 0.717) is 18.8 Å². The van der Waals surface area contributed by atoms with Gasteiger partial charge < -0.3 is 14.9 Å². The summed E-state index contributed by atoms with van der Waals surface area (Å²) in [5.41, 5.74) is 1.40. The topological polar surface area (TPSA) is 77.9 Å². The number of hydrogen-bond acceptors (Lipinski definition) is 3. The molecule has 0 saturated carbocycles. The highest BCUT2D eigenvalue weighted by Crippen LogP contribution is 2.29. The van der Waals surface area contributed by atoms with Crippen LogP contribution in [0.25, 0.3) is 0 Å². The second-order valence-corrected chi connectivity index (χ2v) is 4.87. The summed E-state index contributed by atoms with van der Waals surface area (Å²) < 4.78 is 0. The molecule has 0 atom stereocenters. The van der Waals surface area contributed by atoms with Gasteiger partial charge in [0.25, 0.3) is 0 Å². The summed E-state index contributed by atoms with van der Waals surface area (Å²) in [4.78, 5) is 38.3. The summed E-state index contributed by atoms with van der Waals surface area (Å²) in [6.07, 6.45) is 0.209. The van der Waals surface area contributed by atoms with Crippen molar-refractivity contribution in [2.45, 2.75) is 20.3 Å². The molecule has 112 valence electrons. The predicted octanol–water partition coefficient (Wildman–Crippen LogP) is 1.14. The molecule has 0 bridgehead atoms. The highest BCUT2D eigenvalue weighted by molar-refractivity contribution is 6.06. The second-order valence-electron chi connectivity index (χ2n) is 4.87. The number of rotatable bonds is 5. The molecule has 21 heavy (non-hydrogen) atoms. The first kappa shape index (κ1) is 15.0. The van der Waals surface area contributed by atoms with E-state index in [4.69, 9.17) is 5.11 Å². The molecule has 0 saturated heterocycles. The Morgan fingerprint density at radius 1 is 1.29 bits per heavy atom. The number of hydrogen-bond donors (Lipinski definition) is 1. The van der Waals surface area contributed by atoms with Crippen molar-refractivity contribution in [2.24, 2.45) is 0 Å². The van der Waals surface area contributed by atoms with E-state index in [1.54, 1.807) is 11.0 Å². The molecule has 1 aromatic rings. The van der Waals surface area contributed by atoms with Gasteiger partial charge in [-0.1, -0.05) is 6.07 Å². The van der Waals surface area contributed by atoms with E-state index in [1.807, 2.05) is 13.8 Å². The molecule has 0 aromatic heterocycles. The fourth-order valence-electron chi connectivity index (χ4n) is 2.48. The van der Waals surface area contributed by atoms with Gasteiger partial charge in [-0.3, -0.25) is 9.59 Å². The first-order valence-electron chi connectivity index (χ1n) is 6.92. The van der Waals surface area contributed by atoms with Crippen LogP contribution in [0.5, 0.6) is 0 Å². The Hall–Kier alpha value is -2.37. The first-order chi connectivity index (χ1) is 9.97. The van der Waals surface area contributed by atoms with Crippen LogP contribution in [-0.4, -0.2) is 47.4 Å². The van der Waals surface area contributed by atoms with E-state index < -0.39 is 5.97 Å². The molecule has 1 N–H and O–H groups in total. The molecule has 0 radical (unpaired) electrons. The van der Waals surface area contributed by atoms with Crippen LogP contribution < -0.4 is 4.90 Å². The van der Waals surface area contributed by atoms with E-state index in [1.165, 1.54) is 17.0 Å². The molecule has 0 fully saturated rings. The van der Waals surface area contributed by atoms with Gasteiger partial charge in [0.15, 0.2) is 0 Å². The second kappa shape index (κ2) is 5.95. The summed E-state index contributed by atoms with van der Waals surface area (Å²) in [5, 5.41) is 9.04. The Bertz CT molecular complexity index is 593. The molecule has 2 rings (SSSR count). The molecule has 1 aliphatic heterocycles. The molecular formula is C15H18N2O4. The van der Waals surface area contributed by atoms with Gasteiger partial charge in [-0.15, -0.1) is 0 Å². The molecule has 0 aliphatic carbocycles. The minimum atomic E-state index is -1.05. The summed E-state index contributed by atoms with van der Waals surface area (Å²) in [6, 6.07) is 4.57. The largest absolute Gasteiger partial charge is 0.478 e. The van der Waals surface area contributed by atoms with Gasteiger partial charge in [0.1, 0.15) is 6.54 Å². The Labute approximate surface area is 123 Å². The van der Waals surface area contributed by atoms with Crippen molar-refractivity contribution in [1.29, 1.82) is 0 Å². The molecule has 2 amide bonds. The van der Waals surface area contributed by atoms with Crippen LogP contribution in [0.3, 0.4) is 0 Å². The van der Waals surface area contributed by atoms with Gasteiger partial charge in [0, 0.05) is 18.8 Å². The van der Waals surface area contributed by atoms with Gasteiger partial charge in [-0.2, -0.15) is 0 Å². The summed E-state index contributed by atoms with van der Waals surface area (Å²) in [7, 11) is 0. The Kier molecular flexibility index (Phi) is 4.26. The monoisotopic (exact) mass is 290 g/mol. The van der Waals surface area contributed by atoms with Crippen molar-refractivity contribution in [2.75, 3.05) is 24.5 Å². The third kappa shape index (κ3) is 2.89. The van der Waals surface area contributed by atoms with Gasteiger partial charge in [0.05, 0.1) is 12.0 Å². The molecule has 6 nitrogen and oxygen atoms in total. The number of amides is 2. The first-order valence-corrected chi connectivity index (χ1v) is 6.92. The van der Waals surface area contributed by atoms with Gasteiger partial charge >= 0.3 is 5.97 Å². The molecule has 0 unspecified atom stereocenters. The number of benzene rings is 1. The van der Waals surface area contributed by atoms with Gasteiger partial charge in [0.2, 0.25) is 11.8 Å². The van der Waals surface area contributed by atoms with Crippen LogP contribution in [-0.2, 0) is 16.0 Å². The lowest BCUT2D eigenvalue weighted by atomic mass is 10.1. The number of carbonyl (C=O) groups is 3. The minimum absolute atomic E-state index is 0.0451. The van der Waals surface area contributed by atoms with Crippen LogP contribution in [0.4, 0.5) is 5.69 Å². The summed E-state index contributed by atoms with van der Waals surface area (Å²) >= 11 is 0. The van der Waals surface area contributed by atoms with E-state index in [9.17, 15) is 14.4 Å². The molecule has 6 heteroatoms. The number of carboxylic acids is 1. The molecular weight excluding hydrogens is 272 g/mol. The summed E-state index contributed by atoms with van der Waals surface area (Å²) in [6.45, 7) is 4.88. The zero-order valence-electron chi connectivity index (χ0n) is 12.1. The maximum absolute atomic E-state index is 12.2. The number of likely N-dealkylation sites (N-methyl/N-ethyl adjacent to an activating group) is 1. The van der Waals surface area contributed by atoms with Gasteiger partial charge in [-0.05, 0) is 31.5 Å². The Morgan fingerprint density at radius 2 is 1.95 bits per heavy atom. The quantitative estimate of drug-likeness (QED) is 0.882. The number of nitrogens with zero attached hydrogens (tertiary/aromatic N) is 2. The number of fused-ring (bicyclic) bond motifs is 1. The number of carbonyl (C=O) groups excluding carboxylic acids is 2. The lowest BCUT2D eigenvalue weighted by molar-refractivity contribution is -0.130. The van der Waals surface area contributed by atoms with Crippen molar-refractivity contribution in [3.8, 4) is 0 Å². The highest BCUT2D eigenvalue weighted by Gasteiger charge is 2.30. The van der Waals surface area contributed by atoms with Crippen LogP contribution in [0.15, 0.2) is 18.2 Å². The fourth-order valence-corrected chi connectivity index (χ4v) is 2.48. The maximum atomic E-state index is 12.2. The lowest BCUT2D eigenvalue weighted by Crippen LogP contribution is -2.41. The van der Waals surface area contributed by atoms with Crippen LogP contribution >= 0.6 is 0 Å². The smallest absolute Gasteiger partial charge is 0.335 e. The normalized spacial score (nSPS) is 13.2. The van der Waals surface area contributed by atoms with E-state index in [2.05, 4.69) is 0 Å². The fraction of sp³-hybridized carbons (Fsp3) is 0.400. The van der Waals surface area contributed by atoms with E-state index in [0.717, 1.165) is 5.56 Å². The van der Waals surface area contributed by atoms with Gasteiger partial charge in [-0.25, -0.2) is 4.79 Å². The standard InChI is InChI=1S/C15H18N2O4/c1-3-16(4-2)14(19)9-17-12-7-11(15(20)21)6-5-10(12)8-13(17)18/h5-7H,3-4,8-9H2,1-2H3,(H,20,21). The number of carboxylic acid groups (broad SMARTS) is 1. The van der Waals surface area contributed by atoms with Crippen molar-refractivity contribution >= 4 is 23.5 Å². The molecule has 1 aliphatic rings. The average Bonchev–Trinajstić information content (AvgIpc) is 2.75. The van der Waals surface area contributed by atoms with Crippen molar-refractivity contribution < 1.29 is 19.5 Å². The molecule has 0 spiro atoms. The molecule has 1 aromatic carbocycles. The average molecular weight is 290 g/mol. The Morgan fingerprint density at radius 3 is 2.52 bits per heavy atom. The zero-order valence-corrected chi connectivity index (χ0v) is 12.1. The molecule has 1 heterocycles. The van der Waals surface area contributed by atoms with E-state index in [-0.39, 0.29) is 30.3 Å². The van der Waals surface area contributed by atoms with Crippen molar-refractivity contribution in [1.82, 2.24) is 4.90 Å². The van der Waals surface area contributed by atoms with Crippen molar-refractivity contribution in [3.05, 3.63) is 29.3 Å². The number of anilines is 1. The summed E-state index contributed by atoms with van der Waals surface area (Å²) in [5.74, 6) is -1.36. The van der Waals surface area contributed by atoms with Crippen LogP contribution in [0.1, 0.15) is 29.8 Å². The SMILES string of the molecule is CCN(CC)C(=O)CN1C(=O)Cc2ccc(C(=O)O)cc21. The third-order valence-corrected chi connectivity index (χ3v) is 3.68. The minimum Gasteiger partial charge on any atom is -0.478 e. The van der Waals surface area contributed by atoms with E-state index >= 15 is 0 Å². The lowest BCUT2D eigenvalue weighted by Gasteiger charge is -2.23. The highest BCUT2D eigenvalue weighted by atomic mass is 16.4. The Balaban J connectivity index is 2.27. The maximum Gasteiger partial charge on any atom is 0.335 e. The third-order valence-electron chi connectivity index (χ3n) is 3.68.